The molecule has 0 saturated carbocycles. The van der Waals surface area contributed by atoms with Crippen LogP contribution in [0.5, 0.6) is 0 Å². The Morgan fingerprint density at radius 1 is 1.05 bits per heavy atom. The minimum absolute atomic E-state index is 0.597. The molecule has 1 aromatic heterocycles. The van der Waals surface area contributed by atoms with Crippen molar-refractivity contribution < 1.29 is 0 Å². The summed E-state index contributed by atoms with van der Waals surface area (Å²) < 4.78 is 0. The Morgan fingerprint density at radius 3 is 2.48 bits per heavy atom. The third-order valence-electron chi connectivity index (χ3n) is 3.39. The van der Waals surface area contributed by atoms with E-state index >= 15 is 0 Å². The molecule has 5 nitrogen and oxygen atoms in total. The summed E-state index contributed by atoms with van der Waals surface area (Å²) in [5.74, 6) is 0.597. The first kappa shape index (κ1) is 15.2. The Hall–Kier alpha value is -2.17. The number of hydrogen-bond donors (Lipinski definition) is 1. The van der Waals surface area contributed by atoms with Crippen molar-refractivity contribution in [2.24, 2.45) is 0 Å². The lowest BCUT2D eigenvalue weighted by Gasteiger charge is -2.14. The number of nitrogens with one attached hydrogen (secondary N) is 1. The second kappa shape index (κ2) is 7.02. The van der Waals surface area contributed by atoms with E-state index in [0.29, 0.717) is 12.5 Å². The van der Waals surface area contributed by atoms with Crippen molar-refractivity contribution in [2.75, 3.05) is 24.3 Å². The molecule has 5 heteroatoms. The summed E-state index contributed by atoms with van der Waals surface area (Å²) >= 11 is 0. The lowest BCUT2D eigenvalue weighted by atomic mass is 10.2. The third kappa shape index (κ3) is 3.90. The van der Waals surface area contributed by atoms with Gasteiger partial charge in [0.2, 0.25) is 5.95 Å². The molecule has 0 aliphatic heterocycles. The number of hydrogen-bond acceptors (Lipinski definition) is 5. The van der Waals surface area contributed by atoms with Crippen LogP contribution in [0.15, 0.2) is 24.3 Å². The predicted molar refractivity (Wildman–Crippen MR) is 86.7 cm³/mol. The van der Waals surface area contributed by atoms with Gasteiger partial charge in [0.05, 0.1) is 11.4 Å². The van der Waals surface area contributed by atoms with Crippen LogP contribution in [0, 0.1) is 0 Å². The molecule has 0 aliphatic rings. The highest BCUT2D eigenvalue weighted by Crippen LogP contribution is 2.14. The van der Waals surface area contributed by atoms with Crippen molar-refractivity contribution in [1.82, 2.24) is 15.2 Å². The number of benzene rings is 1. The normalized spacial score (nSPS) is 10.5. The van der Waals surface area contributed by atoms with E-state index in [-0.39, 0.29) is 0 Å². The van der Waals surface area contributed by atoms with Gasteiger partial charge in [-0.25, -0.2) is 4.98 Å². The van der Waals surface area contributed by atoms with Gasteiger partial charge >= 0.3 is 0 Å². The van der Waals surface area contributed by atoms with Crippen LogP contribution in [0.2, 0.25) is 0 Å². The molecule has 0 fully saturated rings. The monoisotopic (exact) mass is 285 g/mol. The quantitative estimate of drug-likeness (QED) is 0.884. The molecule has 0 unspecified atom stereocenters. The molecule has 112 valence electrons. The second-order valence-electron chi connectivity index (χ2n) is 5.15. The van der Waals surface area contributed by atoms with Gasteiger partial charge in [-0.05, 0) is 30.5 Å². The van der Waals surface area contributed by atoms with Crippen molar-refractivity contribution in [2.45, 2.75) is 33.2 Å². The first-order chi connectivity index (χ1) is 10.1. The van der Waals surface area contributed by atoms with Crippen LogP contribution in [-0.4, -0.2) is 29.3 Å². The Morgan fingerprint density at radius 2 is 1.81 bits per heavy atom. The van der Waals surface area contributed by atoms with Crippen LogP contribution in [0.4, 0.5) is 11.6 Å². The average molecular weight is 285 g/mol. The highest BCUT2D eigenvalue weighted by atomic mass is 15.2. The molecule has 0 amide bonds. The maximum atomic E-state index is 4.54. The fraction of sp³-hybridized carbons (Fsp3) is 0.438. The standard InChI is InChI=1S/C16H23N5/c1-5-14-15(6-2)19-20-16(18-14)17-11-12-8-7-9-13(10-12)21(3)4/h7-10H,5-6,11H2,1-4H3,(H,17,18,20). The summed E-state index contributed by atoms with van der Waals surface area (Å²) in [6, 6.07) is 8.39. The molecule has 0 bridgehead atoms. The second-order valence-corrected chi connectivity index (χ2v) is 5.15. The van der Waals surface area contributed by atoms with Gasteiger partial charge in [-0.3, -0.25) is 0 Å². The molecular formula is C16H23N5. The number of aryl methyl sites for hydroxylation is 2. The van der Waals surface area contributed by atoms with Crippen LogP contribution in [0.25, 0.3) is 0 Å². The molecule has 1 aromatic carbocycles. The van der Waals surface area contributed by atoms with E-state index in [0.717, 1.165) is 24.2 Å². The smallest absolute Gasteiger partial charge is 0.243 e. The van der Waals surface area contributed by atoms with E-state index in [1.807, 2.05) is 14.1 Å². The lowest BCUT2D eigenvalue weighted by Crippen LogP contribution is -2.11. The highest BCUT2D eigenvalue weighted by Gasteiger charge is 2.06. The Bertz CT molecular complexity index is 595. The van der Waals surface area contributed by atoms with Crippen LogP contribution in [0.1, 0.15) is 30.8 Å². The molecule has 1 heterocycles. The maximum Gasteiger partial charge on any atom is 0.243 e. The SMILES string of the molecule is CCc1nnc(NCc2cccc(N(C)C)c2)nc1CC. The molecule has 0 aliphatic carbocycles. The van der Waals surface area contributed by atoms with E-state index in [2.05, 4.69) is 63.5 Å². The van der Waals surface area contributed by atoms with Gasteiger partial charge in [0.1, 0.15) is 0 Å². The van der Waals surface area contributed by atoms with Gasteiger partial charge in [0.25, 0.3) is 0 Å². The van der Waals surface area contributed by atoms with Crippen molar-refractivity contribution in [3.63, 3.8) is 0 Å². The Kier molecular flexibility index (Phi) is 5.09. The van der Waals surface area contributed by atoms with Gasteiger partial charge in [-0.2, -0.15) is 5.10 Å². The minimum atomic E-state index is 0.597. The maximum absolute atomic E-state index is 4.54. The van der Waals surface area contributed by atoms with Crippen LogP contribution in [0.3, 0.4) is 0 Å². The fourth-order valence-corrected chi connectivity index (χ4v) is 2.14. The number of nitrogens with zero attached hydrogens (tertiary/aromatic N) is 4. The first-order valence-corrected chi connectivity index (χ1v) is 7.36. The predicted octanol–water partition coefficient (Wildman–Crippen LogP) is 2.67. The van der Waals surface area contributed by atoms with Crippen molar-refractivity contribution in [3.05, 3.63) is 41.2 Å². The number of aromatic nitrogens is 3. The molecule has 0 radical (unpaired) electrons. The van der Waals surface area contributed by atoms with Gasteiger partial charge < -0.3 is 10.2 Å². The summed E-state index contributed by atoms with van der Waals surface area (Å²) in [6.45, 7) is 4.86. The fourth-order valence-electron chi connectivity index (χ4n) is 2.14. The molecule has 1 N–H and O–H groups in total. The zero-order chi connectivity index (χ0) is 15.2. The van der Waals surface area contributed by atoms with Crippen LogP contribution >= 0.6 is 0 Å². The summed E-state index contributed by atoms with van der Waals surface area (Å²) in [5.41, 5.74) is 4.39. The zero-order valence-electron chi connectivity index (χ0n) is 13.2. The minimum Gasteiger partial charge on any atom is -0.378 e. The highest BCUT2D eigenvalue weighted by molar-refractivity contribution is 5.47. The molecule has 21 heavy (non-hydrogen) atoms. The van der Waals surface area contributed by atoms with E-state index in [9.17, 15) is 0 Å². The zero-order valence-corrected chi connectivity index (χ0v) is 13.2. The molecule has 0 spiro atoms. The summed E-state index contributed by atoms with van der Waals surface area (Å²) in [5, 5.41) is 11.6. The van der Waals surface area contributed by atoms with E-state index in [1.54, 1.807) is 0 Å². The lowest BCUT2D eigenvalue weighted by molar-refractivity contribution is 0.819. The molecule has 2 rings (SSSR count). The van der Waals surface area contributed by atoms with Gasteiger partial charge in [-0.15, -0.1) is 5.10 Å². The van der Waals surface area contributed by atoms with E-state index in [1.165, 1.54) is 11.3 Å². The third-order valence-corrected chi connectivity index (χ3v) is 3.39. The Labute approximate surface area is 126 Å². The van der Waals surface area contributed by atoms with Gasteiger partial charge in [0, 0.05) is 26.3 Å². The largest absolute Gasteiger partial charge is 0.378 e. The summed E-state index contributed by atoms with van der Waals surface area (Å²) in [7, 11) is 4.08. The number of anilines is 2. The molecule has 0 atom stereocenters. The van der Waals surface area contributed by atoms with Gasteiger partial charge in [0.15, 0.2) is 0 Å². The van der Waals surface area contributed by atoms with Gasteiger partial charge in [-0.1, -0.05) is 26.0 Å². The van der Waals surface area contributed by atoms with Crippen molar-refractivity contribution in [3.8, 4) is 0 Å². The molecule has 2 aromatic rings. The first-order valence-electron chi connectivity index (χ1n) is 7.36. The topological polar surface area (TPSA) is 53.9 Å². The van der Waals surface area contributed by atoms with Crippen molar-refractivity contribution >= 4 is 11.6 Å². The number of rotatable bonds is 6. The van der Waals surface area contributed by atoms with E-state index < -0.39 is 0 Å². The summed E-state index contributed by atoms with van der Waals surface area (Å²) in [6.07, 6.45) is 1.75. The Balaban J connectivity index is 2.07. The van der Waals surface area contributed by atoms with Crippen molar-refractivity contribution in [1.29, 1.82) is 0 Å². The molecular weight excluding hydrogens is 262 g/mol. The van der Waals surface area contributed by atoms with E-state index in [4.69, 9.17) is 0 Å². The van der Waals surface area contributed by atoms with Crippen LogP contribution in [-0.2, 0) is 19.4 Å². The average Bonchev–Trinajstić information content (AvgIpc) is 2.52. The van der Waals surface area contributed by atoms with Crippen LogP contribution < -0.4 is 10.2 Å². The molecule has 0 saturated heterocycles. The summed E-state index contributed by atoms with van der Waals surface area (Å²) in [4.78, 5) is 6.63.